The summed E-state index contributed by atoms with van der Waals surface area (Å²) in [5, 5.41) is 16.4. The smallest absolute Gasteiger partial charge is 0.326 e. The summed E-state index contributed by atoms with van der Waals surface area (Å²) in [4.78, 5) is 27.7. The van der Waals surface area contributed by atoms with Crippen LogP contribution in [0.3, 0.4) is 0 Å². The second-order valence-corrected chi connectivity index (χ2v) is 9.61. The van der Waals surface area contributed by atoms with Gasteiger partial charge in [-0.25, -0.2) is 19.7 Å². The second-order valence-electron chi connectivity index (χ2n) is 9.61. The van der Waals surface area contributed by atoms with Gasteiger partial charge in [0.25, 0.3) is 0 Å². The molecule has 1 aliphatic heterocycles. The zero-order valence-electron chi connectivity index (χ0n) is 22.1. The van der Waals surface area contributed by atoms with Gasteiger partial charge in [-0.15, -0.1) is 0 Å². The number of aliphatic carboxylic acids is 1. The summed E-state index contributed by atoms with van der Waals surface area (Å²) in [6, 6.07) is 15.1. The molecule has 1 aromatic carbocycles. The highest BCUT2D eigenvalue weighted by Crippen LogP contribution is 2.21. The second kappa shape index (κ2) is 14.4. The van der Waals surface area contributed by atoms with Crippen molar-refractivity contribution in [2.75, 3.05) is 50.5 Å². The maximum atomic E-state index is 12.0. The number of carbonyl (C=O) groups is 1. The van der Waals surface area contributed by atoms with Crippen molar-refractivity contribution in [3.8, 4) is 11.3 Å². The van der Waals surface area contributed by atoms with Crippen molar-refractivity contribution in [3.05, 3.63) is 66.1 Å². The molecule has 0 unspecified atom stereocenters. The van der Waals surface area contributed by atoms with Gasteiger partial charge in [0.1, 0.15) is 24.0 Å². The highest BCUT2D eigenvalue weighted by molar-refractivity contribution is 5.77. The number of rotatable bonds is 15. The molecule has 0 saturated heterocycles. The van der Waals surface area contributed by atoms with Crippen LogP contribution in [0.25, 0.3) is 11.3 Å². The Labute approximate surface area is 224 Å². The molecule has 0 fully saturated rings. The molecule has 38 heavy (non-hydrogen) atoms. The predicted octanol–water partition coefficient (Wildman–Crippen LogP) is 4.12. The minimum absolute atomic E-state index is 0.446. The van der Waals surface area contributed by atoms with Crippen LogP contribution >= 0.6 is 0 Å². The van der Waals surface area contributed by atoms with E-state index >= 15 is 0 Å². The number of aryl methyl sites for hydroxylation is 2. The van der Waals surface area contributed by atoms with Crippen LogP contribution in [0.15, 0.2) is 54.9 Å². The minimum atomic E-state index is -0.899. The molecule has 0 saturated carbocycles. The normalized spacial score (nSPS) is 13.5. The van der Waals surface area contributed by atoms with E-state index in [1.165, 1.54) is 11.9 Å². The zero-order chi connectivity index (χ0) is 26.6. The molecule has 9 heteroatoms. The van der Waals surface area contributed by atoms with Crippen LogP contribution in [0, 0.1) is 0 Å². The Kier molecular flexibility index (Phi) is 10.4. The lowest BCUT2D eigenvalue weighted by atomic mass is 10.1. The van der Waals surface area contributed by atoms with Gasteiger partial charge in [0.15, 0.2) is 0 Å². The standard InChI is InChI=1S/C29H38N6O3/c1-38-19-18-35(16-6-5-11-24-13-12-23-10-7-15-30-28(23)33-24)17-14-25(29(36)37)34-27-20-26(31-21-32-27)22-8-3-2-4-9-22/h2-4,8-9,12-13,20-21,25H,5-7,10-11,14-19H2,1H3,(H,30,33)(H,36,37)(H,31,32,34)/t25-/m0/s1. The molecule has 3 N–H and O–H groups in total. The van der Waals surface area contributed by atoms with Crippen molar-refractivity contribution >= 4 is 17.6 Å². The van der Waals surface area contributed by atoms with Crippen LogP contribution < -0.4 is 10.6 Å². The molecule has 0 spiro atoms. The van der Waals surface area contributed by atoms with Crippen molar-refractivity contribution in [2.45, 2.75) is 44.6 Å². The molecule has 0 radical (unpaired) electrons. The van der Waals surface area contributed by atoms with Crippen LogP contribution in [0.1, 0.15) is 36.9 Å². The Balaban J connectivity index is 1.28. The summed E-state index contributed by atoms with van der Waals surface area (Å²) in [5.74, 6) is 0.646. The van der Waals surface area contributed by atoms with Crippen molar-refractivity contribution in [1.29, 1.82) is 0 Å². The lowest BCUT2D eigenvalue weighted by Crippen LogP contribution is -2.36. The number of benzene rings is 1. The SMILES string of the molecule is COCCN(CCCCc1ccc2c(n1)NCCC2)CC[C@H](Nc1cc(-c2ccccc2)ncn1)C(=O)O. The quantitative estimate of drug-likeness (QED) is 0.256. The number of nitrogens with zero attached hydrogens (tertiary/aromatic N) is 4. The zero-order valence-corrected chi connectivity index (χ0v) is 22.1. The van der Waals surface area contributed by atoms with E-state index < -0.39 is 12.0 Å². The number of pyridine rings is 1. The van der Waals surface area contributed by atoms with E-state index in [2.05, 4.69) is 37.6 Å². The number of hydrogen-bond acceptors (Lipinski definition) is 8. The summed E-state index contributed by atoms with van der Waals surface area (Å²) in [6.07, 6.45) is 7.14. The van der Waals surface area contributed by atoms with Gasteiger partial charge in [0.05, 0.1) is 12.3 Å². The number of aromatic nitrogens is 3. The largest absolute Gasteiger partial charge is 0.480 e. The van der Waals surface area contributed by atoms with Gasteiger partial charge < -0.3 is 25.4 Å². The lowest BCUT2D eigenvalue weighted by Gasteiger charge is -2.24. The molecule has 4 rings (SSSR count). The van der Waals surface area contributed by atoms with Crippen LogP contribution in [0.2, 0.25) is 0 Å². The molecule has 9 nitrogen and oxygen atoms in total. The Hall–Kier alpha value is -3.56. The average Bonchev–Trinajstić information content (AvgIpc) is 2.96. The Morgan fingerprint density at radius 3 is 2.82 bits per heavy atom. The topological polar surface area (TPSA) is 113 Å². The first-order chi connectivity index (χ1) is 18.6. The molecule has 0 aliphatic carbocycles. The van der Waals surface area contributed by atoms with Gasteiger partial charge in [-0.1, -0.05) is 36.4 Å². The Morgan fingerprint density at radius 2 is 2.00 bits per heavy atom. The molecule has 3 aromatic rings. The van der Waals surface area contributed by atoms with Crippen LogP contribution in [0.4, 0.5) is 11.6 Å². The molecule has 1 atom stereocenters. The van der Waals surface area contributed by atoms with Crippen LogP contribution in [0.5, 0.6) is 0 Å². The number of methoxy groups -OCH3 is 1. The van der Waals surface area contributed by atoms with E-state index in [0.717, 1.165) is 74.5 Å². The first kappa shape index (κ1) is 27.5. The molecule has 202 valence electrons. The number of carboxylic acids is 1. The summed E-state index contributed by atoms with van der Waals surface area (Å²) in [6.45, 7) is 3.89. The number of ether oxygens (including phenoxy) is 1. The fourth-order valence-corrected chi connectivity index (χ4v) is 4.66. The number of carboxylic acid groups (broad SMARTS) is 1. The third kappa shape index (κ3) is 8.22. The highest BCUT2D eigenvalue weighted by atomic mass is 16.5. The third-order valence-electron chi connectivity index (χ3n) is 6.81. The summed E-state index contributed by atoms with van der Waals surface area (Å²) in [5.41, 5.74) is 4.14. The minimum Gasteiger partial charge on any atom is -0.480 e. The number of anilines is 2. The fourth-order valence-electron chi connectivity index (χ4n) is 4.66. The fraction of sp³-hybridized carbons (Fsp3) is 0.448. The molecule has 2 aromatic heterocycles. The first-order valence-electron chi connectivity index (χ1n) is 13.4. The third-order valence-corrected chi connectivity index (χ3v) is 6.81. The predicted molar refractivity (Wildman–Crippen MR) is 149 cm³/mol. The Bertz CT molecular complexity index is 1160. The van der Waals surface area contributed by atoms with Crippen molar-refractivity contribution < 1.29 is 14.6 Å². The molecule has 1 aliphatic rings. The number of hydrogen-bond donors (Lipinski definition) is 3. The lowest BCUT2D eigenvalue weighted by molar-refractivity contribution is -0.138. The van der Waals surface area contributed by atoms with Gasteiger partial charge >= 0.3 is 5.97 Å². The van der Waals surface area contributed by atoms with Gasteiger partial charge in [-0.3, -0.25) is 0 Å². The maximum Gasteiger partial charge on any atom is 0.326 e. The molecule has 0 bridgehead atoms. The van der Waals surface area contributed by atoms with E-state index in [4.69, 9.17) is 9.72 Å². The van der Waals surface area contributed by atoms with Gasteiger partial charge in [0.2, 0.25) is 0 Å². The van der Waals surface area contributed by atoms with Crippen LogP contribution in [-0.2, 0) is 22.4 Å². The molecule has 0 amide bonds. The van der Waals surface area contributed by atoms with Crippen molar-refractivity contribution in [3.63, 3.8) is 0 Å². The van der Waals surface area contributed by atoms with E-state index in [0.29, 0.717) is 25.4 Å². The van der Waals surface area contributed by atoms with Crippen molar-refractivity contribution in [2.24, 2.45) is 0 Å². The monoisotopic (exact) mass is 518 g/mol. The Morgan fingerprint density at radius 1 is 1.13 bits per heavy atom. The number of nitrogens with one attached hydrogen (secondary N) is 2. The summed E-state index contributed by atoms with van der Waals surface area (Å²) in [7, 11) is 1.69. The first-order valence-corrected chi connectivity index (χ1v) is 13.4. The van der Waals surface area contributed by atoms with E-state index in [9.17, 15) is 9.90 Å². The van der Waals surface area contributed by atoms with Gasteiger partial charge in [-0.05, 0) is 56.7 Å². The molecule has 3 heterocycles. The van der Waals surface area contributed by atoms with E-state index in [1.54, 1.807) is 13.2 Å². The van der Waals surface area contributed by atoms with Crippen molar-refractivity contribution in [1.82, 2.24) is 19.9 Å². The molecular formula is C29H38N6O3. The summed E-state index contributed by atoms with van der Waals surface area (Å²) >= 11 is 0. The number of unbranched alkanes of at least 4 members (excludes halogenated alkanes) is 1. The van der Waals surface area contributed by atoms with Crippen LogP contribution in [-0.4, -0.2) is 76.9 Å². The van der Waals surface area contributed by atoms with E-state index in [-0.39, 0.29) is 0 Å². The number of fused-ring (bicyclic) bond motifs is 1. The van der Waals surface area contributed by atoms with Gasteiger partial charge in [0, 0.05) is 44.1 Å². The summed E-state index contributed by atoms with van der Waals surface area (Å²) < 4.78 is 5.30. The maximum absolute atomic E-state index is 12.0. The van der Waals surface area contributed by atoms with E-state index in [1.807, 2.05) is 30.3 Å². The highest BCUT2D eigenvalue weighted by Gasteiger charge is 2.20. The van der Waals surface area contributed by atoms with Gasteiger partial charge in [-0.2, -0.15) is 0 Å². The average molecular weight is 519 g/mol. The molecular weight excluding hydrogens is 480 g/mol.